The van der Waals surface area contributed by atoms with Crippen LogP contribution in [0.4, 0.5) is 0 Å². The second kappa shape index (κ2) is 4.25. The van der Waals surface area contributed by atoms with Crippen molar-refractivity contribution in [3.63, 3.8) is 0 Å². The summed E-state index contributed by atoms with van der Waals surface area (Å²) < 4.78 is 1.59. The van der Waals surface area contributed by atoms with Crippen LogP contribution in [-0.2, 0) is 10.2 Å². The molecule has 0 unspecified atom stereocenters. The third-order valence-corrected chi connectivity index (χ3v) is 2.93. The van der Waals surface area contributed by atoms with Crippen molar-refractivity contribution < 1.29 is 9.90 Å². The minimum atomic E-state index is -1.04. The van der Waals surface area contributed by atoms with Crippen molar-refractivity contribution in [2.24, 2.45) is 0 Å². The molecule has 0 radical (unpaired) electrons. The lowest BCUT2D eigenvalue weighted by molar-refractivity contribution is -0.142. The molecule has 1 aromatic heterocycles. The molecule has 1 heterocycles. The third kappa shape index (κ3) is 2.11. The summed E-state index contributed by atoms with van der Waals surface area (Å²) in [6, 6.07) is 7.78. The first-order valence-electron chi connectivity index (χ1n) is 5.64. The first kappa shape index (κ1) is 12.3. The molecule has 5 nitrogen and oxygen atoms in total. The first-order valence-corrected chi connectivity index (χ1v) is 5.64. The number of hydrogen-bond donors (Lipinski definition) is 1. The SMILES string of the molecule is Cc1cccc(-n2cc(C(C)(C)C(=O)O)nn2)c1. The van der Waals surface area contributed by atoms with Crippen molar-refractivity contribution in [2.75, 3.05) is 0 Å². The molecule has 94 valence electrons. The number of aryl methyl sites for hydroxylation is 1. The van der Waals surface area contributed by atoms with Gasteiger partial charge in [-0.1, -0.05) is 17.3 Å². The zero-order valence-electron chi connectivity index (χ0n) is 10.6. The highest BCUT2D eigenvalue weighted by atomic mass is 16.4. The van der Waals surface area contributed by atoms with Crippen LogP contribution in [0, 0.1) is 6.92 Å². The quantitative estimate of drug-likeness (QED) is 0.897. The summed E-state index contributed by atoms with van der Waals surface area (Å²) in [5, 5.41) is 17.1. The Morgan fingerprint density at radius 2 is 2.11 bits per heavy atom. The molecular formula is C13H15N3O2. The second-order valence-corrected chi connectivity index (χ2v) is 4.82. The lowest BCUT2D eigenvalue weighted by Crippen LogP contribution is -2.28. The predicted octanol–water partition coefficient (Wildman–Crippen LogP) is 1.94. The number of carbonyl (C=O) groups is 1. The fraction of sp³-hybridized carbons (Fsp3) is 0.308. The molecule has 5 heteroatoms. The highest BCUT2D eigenvalue weighted by molar-refractivity contribution is 5.79. The second-order valence-electron chi connectivity index (χ2n) is 4.82. The van der Waals surface area contributed by atoms with Crippen LogP contribution in [0.3, 0.4) is 0 Å². The number of benzene rings is 1. The Bertz CT molecular complexity index is 587. The average molecular weight is 245 g/mol. The van der Waals surface area contributed by atoms with E-state index in [1.54, 1.807) is 24.7 Å². The topological polar surface area (TPSA) is 68.0 Å². The maximum atomic E-state index is 11.1. The van der Waals surface area contributed by atoms with Gasteiger partial charge in [-0.15, -0.1) is 5.10 Å². The van der Waals surface area contributed by atoms with Gasteiger partial charge in [-0.2, -0.15) is 0 Å². The van der Waals surface area contributed by atoms with E-state index in [1.165, 1.54) is 0 Å². The third-order valence-electron chi connectivity index (χ3n) is 2.93. The number of carboxylic acid groups (broad SMARTS) is 1. The normalized spacial score (nSPS) is 11.5. The summed E-state index contributed by atoms with van der Waals surface area (Å²) in [5.74, 6) is -0.918. The summed E-state index contributed by atoms with van der Waals surface area (Å²) in [6.07, 6.45) is 1.66. The van der Waals surface area contributed by atoms with E-state index in [4.69, 9.17) is 5.11 Å². The van der Waals surface area contributed by atoms with Crippen LogP contribution in [0.5, 0.6) is 0 Å². The van der Waals surface area contributed by atoms with Crippen molar-refractivity contribution in [2.45, 2.75) is 26.2 Å². The van der Waals surface area contributed by atoms with Crippen LogP contribution < -0.4 is 0 Å². The van der Waals surface area contributed by atoms with Crippen molar-refractivity contribution in [3.8, 4) is 5.69 Å². The summed E-state index contributed by atoms with van der Waals surface area (Å²) in [5.41, 5.74) is 1.38. The van der Waals surface area contributed by atoms with Crippen LogP contribution in [0.15, 0.2) is 30.5 Å². The molecular weight excluding hydrogens is 230 g/mol. The van der Waals surface area contributed by atoms with Gasteiger partial charge in [0.25, 0.3) is 0 Å². The van der Waals surface area contributed by atoms with E-state index in [0.717, 1.165) is 11.3 Å². The molecule has 0 aliphatic carbocycles. The Balaban J connectivity index is 2.40. The van der Waals surface area contributed by atoms with Gasteiger partial charge < -0.3 is 5.11 Å². The maximum Gasteiger partial charge on any atom is 0.315 e. The highest BCUT2D eigenvalue weighted by Crippen LogP contribution is 2.21. The number of aliphatic carboxylic acids is 1. The number of hydrogen-bond acceptors (Lipinski definition) is 3. The Morgan fingerprint density at radius 1 is 1.39 bits per heavy atom. The highest BCUT2D eigenvalue weighted by Gasteiger charge is 2.32. The van der Waals surface area contributed by atoms with Gasteiger partial charge in [0.15, 0.2) is 0 Å². The molecule has 0 spiro atoms. The molecule has 0 fully saturated rings. The lowest BCUT2D eigenvalue weighted by Gasteiger charge is -2.14. The first-order chi connectivity index (χ1) is 8.41. The lowest BCUT2D eigenvalue weighted by atomic mass is 9.90. The average Bonchev–Trinajstić information content (AvgIpc) is 2.78. The van der Waals surface area contributed by atoms with Gasteiger partial charge in [-0.3, -0.25) is 4.79 Å². The molecule has 0 aliphatic heterocycles. The fourth-order valence-corrected chi connectivity index (χ4v) is 1.56. The van der Waals surface area contributed by atoms with Crippen molar-refractivity contribution >= 4 is 5.97 Å². The Labute approximate surface area is 105 Å². The number of nitrogens with zero attached hydrogens (tertiary/aromatic N) is 3. The summed E-state index contributed by atoms with van der Waals surface area (Å²) in [4.78, 5) is 11.1. The van der Waals surface area contributed by atoms with Gasteiger partial charge >= 0.3 is 5.97 Å². The molecule has 0 saturated carbocycles. The van der Waals surface area contributed by atoms with Gasteiger partial charge in [-0.05, 0) is 38.5 Å². The van der Waals surface area contributed by atoms with Crippen LogP contribution >= 0.6 is 0 Å². The Kier molecular flexibility index (Phi) is 2.90. The molecule has 0 saturated heterocycles. The Morgan fingerprint density at radius 3 is 2.72 bits per heavy atom. The summed E-state index contributed by atoms with van der Waals surface area (Å²) >= 11 is 0. The van der Waals surface area contributed by atoms with Crippen molar-refractivity contribution in [3.05, 3.63) is 41.7 Å². The molecule has 18 heavy (non-hydrogen) atoms. The zero-order chi connectivity index (χ0) is 13.3. The minimum Gasteiger partial charge on any atom is -0.481 e. The van der Waals surface area contributed by atoms with E-state index in [9.17, 15) is 4.79 Å². The molecule has 0 aliphatic rings. The summed E-state index contributed by atoms with van der Waals surface area (Å²) in [7, 11) is 0. The van der Waals surface area contributed by atoms with Gasteiger partial charge in [0.1, 0.15) is 5.41 Å². The van der Waals surface area contributed by atoms with E-state index >= 15 is 0 Å². The van der Waals surface area contributed by atoms with Crippen LogP contribution in [0.2, 0.25) is 0 Å². The molecule has 2 rings (SSSR count). The molecule has 0 atom stereocenters. The van der Waals surface area contributed by atoms with Gasteiger partial charge in [-0.25, -0.2) is 4.68 Å². The van der Waals surface area contributed by atoms with Crippen LogP contribution in [0.25, 0.3) is 5.69 Å². The number of rotatable bonds is 3. The molecule has 2 aromatic rings. The van der Waals surface area contributed by atoms with Gasteiger partial charge in [0, 0.05) is 0 Å². The molecule has 1 aromatic carbocycles. The van der Waals surface area contributed by atoms with Crippen LogP contribution in [-0.4, -0.2) is 26.1 Å². The Hall–Kier alpha value is -2.17. The predicted molar refractivity (Wildman–Crippen MR) is 66.8 cm³/mol. The fourth-order valence-electron chi connectivity index (χ4n) is 1.56. The molecule has 0 bridgehead atoms. The molecule has 1 N–H and O–H groups in total. The van der Waals surface area contributed by atoms with Crippen molar-refractivity contribution in [1.29, 1.82) is 0 Å². The van der Waals surface area contributed by atoms with E-state index in [2.05, 4.69) is 10.3 Å². The molecule has 0 amide bonds. The van der Waals surface area contributed by atoms with E-state index in [0.29, 0.717) is 5.69 Å². The van der Waals surface area contributed by atoms with Gasteiger partial charge in [0.05, 0.1) is 17.6 Å². The van der Waals surface area contributed by atoms with Crippen molar-refractivity contribution in [1.82, 2.24) is 15.0 Å². The standard InChI is InChI=1S/C13H15N3O2/c1-9-5-4-6-10(7-9)16-8-11(14-15-16)13(2,3)12(17)18/h4-8H,1-3H3,(H,17,18). The largest absolute Gasteiger partial charge is 0.481 e. The number of carboxylic acids is 1. The van der Waals surface area contributed by atoms with Crippen LogP contribution in [0.1, 0.15) is 25.1 Å². The van der Waals surface area contributed by atoms with E-state index < -0.39 is 11.4 Å². The monoisotopic (exact) mass is 245 g/mol. The summed E-state index contributed by atoms with van der Waals surface area (Å²) in [6.45, 7) is 5.21. The zero-order valence-corrected chi connectivity index (χ0v) is 10.6. The smallest absolute Gasteiger partial charge is 0.315 e. The minimum absolute atomic E-state index is 0.441. The van der Waals surface area contributed by atoms with Gasteiger partial charge in [0.2, 0.25) is 0 Å². The van der Waals surface area contributed by atoms with E-state index in [-0.39, 0.29) is 0 Å². The number of aromatic nitrogens is 3. The van der Waals surface area contributed by atoms with E-state index in [1.807, 2.05) is 31.2 Å². The maximum absolute atomic E-state index is 11.1.